The van der Waals surface area contributed by atoms with E-state index < -0.39 is 0 Å². The van der Waals surface area contributed by atoms with Crippen LogP contribution in [0.25, 0.3) is 0 Å². The lowest BCUT2D eigenvalue weighted by Gasteiger charge is -2.30. The van der Waals surface area contributed by atoms with Gasteiger partial charge in [-0.25, -0.2) is 4.79 Å². The molecule has 0 aromatic heterocycles. The molecule has 6 nitrogen and oxygen atoms in total. The second-order valence-corrected chi connectivity index (χ2v) is 4.99. The van der Waals surface area contributed by atoms with E-state index >= 15 is 0 Å². The SMILES string of the molecule is NCc1ccc(NC(=O)N2CCC(C(N)=O)CC2)cc1. The van der Waals surface area contributed by atoms with Crippen molar-refractivity contribution in [1.29, 1.82) is 0 Å². The number of nitrogens with two attached hydrogens (primary N) is 2. The van der Waals surface area contributed by atoms with Crippen LogP contribution in [0.1, 0.15) is 18.4 Å². The first-order valence-corrected chi connectivity index (χ1v) is 6.74. The van der Waals surface area contributed by atoms with Gasteiger partial charge in [0, 0.05) is 31.2 Å². The Kier molecular flexibility index (Phi) is 4.57. The summed E-state index contributed by atoms with van der Waals surface area (Å²) in [5.74, 6) is -0.384. The third kappa shape index (κ3) is 3.48. The molecule has 1 heterocycles. The minimum atomic E-state index is -0.276. The van der Waals surface area contributed by atoms with Crippen molar-refractivity contribution in [3.63, 3.8) is 0 Å². The predicted molar refractivity (Wildman–Crippen MR) is 76.8 cm³/mol. The molecule has 3 amide bonds. The summed E-state index contributed by atoms with van der Waals surface area (Å²) in [4.78, 5) is 24.9. The molecule has 1 fully saturated rings. The lowest BCUT2D eigenvalue weighted by molar-refractivity contribution is -0.122. The predicted octanol–water partition coefficient (Wildman–Crippen LogP) is 0.875. The Bertz CT molecular complexity index is 478. The molecule has 6 heteroatoms. The zero-order valence-electron chi connectivity index (χ0n) is 11.3. The van der Waals surface area contributed by atoms with E-state index in [2.05, 4.69) is 5.32 Å². The number of hydrogen-bond donors (Lipinski definition) is 3. The first-order chi connectivity index (χ1) is 9.60. The fourth-order valence-electron chi connectivity index (χ4n) is 2.29. The standard InChI is InChI=1S/C14H20N4O2/c15-9-10-1-3-12(4-2-10)17-14(20)18-7-5-11(6-8-18)13(16)19/h1-4,11H,5-9,15H2,(H2,16,19)(H,17,20). The molecular weight excluding hydrogens is 256 g/mol. The van der Waals surface area contributed by atoms with Crippen molar-refractivity contribution in [2.24, 2.45) is 17.4 Å². The van der Waals surface area contributed by atoms with Gasteiger partial charge in [-0.3, -0.25) is 4.79 Å². The van der Waals surface area contributed by atoms with Crippen LogP contribution in [-0.4, -0.2) is 29.9 Å². The molecule has 1 aliphatic heterocycles. The van der Waals surface area contributed by atoms with Gasteiger partial charge in [-0.15, -0.1) is 0 Å². The monoisotopic (exact) mass is 276 g/mol. The van der Waals surface area contributed by atoms with Crippen LogP contribution in [0.5, 0.6) is 0 Å². The van der Waals surface area contributed by atoms with Crippen LogP contribution in [0, 0.1) is 5.92 Å². The van der Waals surface area contributed by atoms with Gasteiger partial charge in [0.2, 0.25) is 5.91 Å². The third-order valence-corrected chi connectivity index (χ3v) is 3.63. The number of nitrogens with zero attached hydrogens (tertiary/aromatic N) is 1. The summed E-state index contributed by atoms with van der Waals surface area (Å²) in [5, 5.41) is 2.84. The number of amides is 3. The molecule has 0 bridgehead atoms. The van der Waals surface area contributed by atoms with Gasteiger partial charge >= 0.3 is 6.03 Å². The number of hydrogen-bond acceptors (Lipinski definition) is 3. The number of nitrogens with one attached hydrogen (secondary N) is 1. The van der Waals surface area contributed by atoms with Crippen molar-refractivity contribution in [3.8, 4) is 0 Å². The number of carbonyl (C=O) groups is 2. The second kappa shape index (κ2) is 6.38. The Morgan fingerprint density at radius 2 is 1.80 bits per heavy atom. The van der Waals surface area contributed by atoms with Crippen LogP contribution in [0.3, 0.4) is 0 Å². The number of urea groups is 1. The van der Waals surface area contributed by atoms with Crippen LogP contribution in [0.2, 0.25) is 0 Å². The van der Waals surface area contributed by atoms with Gasteiger partial charge < -0.3 is 21.7 Å². The van der Waals surface area contributed by atoms with E-state index in [4.69, 9.17) is 11.5 Å². The normalized spacial score (nSPS) is 15.9. The third-order valence-electron chi connectivity index (χ3n) is 3.63. The van der Waals surface area contributed by atoms with Crippen molar-refractivity contribution >= 4 is 17.6 Å². The van der Waals surface area contributed by atoms with Crippen LogP contribution in [0.4, 0.5) is 10.5 Å². The summed E-state index contributed by atoms with van der Waals surface area (Å²) >= 11 is 0. The summed E-state index contributed by atoms with van der Waals surface area (Å²) in [7, 11) is 0. The average molecular weight is 276 g/mol. The molecule has 0 radical (unpaired) electrons. The van der Waals surface area contributed by atoms with Crippen LogP contribution in [-0.2, 0) is 11.3 Å². The number of likely N-dealkylation sites (tertiary alicyclic amines) is 1. The molecule has 1 aliphatic rings. The molecule has 0 unspecified atom stereocenters. The lowest BCUT2D eigenvalue weighted by Crippen LogP contribution is -2.43. The molecule has 1 aromatic rings. The molecule has 0 aliphatic carbocycles. The first kappa shape index (κ1) is 14.3. The fraction of sp³-hybridized carbons (Fsp3) is 0.429. The van der Waals surface area contributed by atoms with Gasteiger partial charge in [0.25, 0.3) is 0 Å². The van der Waals surface area contributed by atoms with E-state index in [1.807, 2.05) is 24.3 Å². The zero-order chi connectivity index (χ0) is 14.5. The summed E-state index contributed by atoms with van der Waals surface area (Å²) in [6, 6.07) is 7.28. The zero-order valence-corrected chi connectivity index (χ0v) is 11.3. The number of anilines is 1. The summed E-state index contributed by atoms with van der Waals surface area (Å²) in [6.07, 6.45) is 1.27. The molecule has 1 saturated heterocycles. The highest BCUT2D eigenvalue weighted by atomic mass is 16.2. The van der Waals surface area contributed by atoms with E-state index in [0.717, 1.165) is 11.3 Å². The van der Waals surface area contributed by atoms with Crippen molar-refractivity contribution in [3.05, 3.63) is 29.8 Å². The molecule has 0 saturated carbocycles. The summed E-state index contributed by atoms with van der Waals surface area (Å²) in [5.41, 5.74) is 12.6. The van der Waals surface area contributed by atoms with Gasteiger partial charge in [0.15, 0.2) is 0 Å². The summed E-state index contributed by atoms with van der Waals surface area (Å²) in [6.45, 7) is 1.59. The Hall–Kier alpha value is -2.08. The molecule has 0 atom stereocenters. The van der Waals surface area contributed by atoms with Gasteiger partial charge in [0.1, 0.15) is 0 Å². The molecule has 0 spiro atoms. The van der Waals surface area contributed by atoms with E-state index in [9.17, 15) is 9.59 Å². The van der Waals surface area contributed by atoms with Crippen molar-refractivity contribution in [2.75, 3.05) is 18.4 Å². The number of piperidine rings is 1. The maximum atomic E-state index is 12.1. The average Bonchev–Trinajstić information content (AvgIpc) is 2.48. The number of rotatable bonds is 3. The Morgan fingerprint density at radius 1 is 1.20 bits per heavy atom. The summed E-state index contributed by atoms with van der Waals surface area (Å²) < 4.78 is 0. The minimum absolute atomic E-state index is 0.108. The van der Waals surface area contributed by atoms with Crippen LogP contribution >= 0.6 is 0 Å². The fourth-order valence-corrected chi connectivity index (χ4v) is 2.29. The molecule has 5 N–H and O–H groups in total. The van der Waals surface area contributed by atoms with Gasteiger partial charge in [0.05, 0.1) is 0 Å². The van der Waals surface area contributed by atoms with Crippen molar-refractivity contribution < 1.29 is 9.59 Å². The van der Waals surface area contributed by atoms with Gasteiger partial charge in [-0.1, -0.05) is 12.1 Å². The van der Waals surface area contributed by atoms with Crippen molar-refractivity contribution in [1.82, 2.24) is 4.90 Å². The van der Waals surface area contributed by atoms with E-state index in [0.29, 0.717) is 32.5 Å². The first-order valence-electron chi connectivity index (χ1n) is 6.74. The number of benzene rings is 1. The Morgan fingerprint density at radius 3 is 2.30 bits per heavy atom. The number of primary amides is 1. The van der Waals surface area contributed by atoms with E-state index in [1.165, 1.54) is 0 Å². The molecule has 108 valence electrons. The largest absolute Gasteiger partial charge is 0.369 e. The van der Waals surface area contributed by atoms with Crippen LogP contribution in [0.15, 0.2) is 24.3 Å². The molecule has 20 heavy (non-hydrogen) atoms. The maximum absolute atomic E-state index is 12.1. The Balaban J connectivity index is 1.87. The van der Waals surface area contributed by atoms with Crippen LogP contribution < -0.4 is 16.8 Å². The molecule has 1 aromatic carbocycles. The molecular formula is C14H20N4O2. The second-order valence-electron chi connectivity index (χ2n) is 4.99. The highest BCUT2D eigenvalue weighted by Gasteiger charge is 2.25. The number of carbonyl (C=O) groups excluding carboxylic acids is 2. The van der Waals surface area contributed by atoms with E-state index in [1.54, 1.807) is 4.90 Å². The van der Waals surface area contributed by atoms with Crippen molar-refractivity contribution in [2.45, 2.75) is 19.4 Å². The highest BCUT2D eigenvalue weighted by Crippen LogP contribution is 2.18. The lowest BCUT2D eigenvalue weighted by atomic mass is 9.96. The smallest absolute Gasteiger partial charge is 0.321 e. The quantitative estimate of drug-likeness (QED) is 0.763. The topological polar surface area (TPSA) is 101 Å². The maximum Gasteiger partial charge on any atom is 0.321 e. The highest BCUT2D eigenvalue weighted by molar-refractivity contribution is 5.89. The minimum Gasteiger partial charge on any atom is -0.369 e. The van der Waals surface area contributed by atoms with E-state index in [-0.39, 0.29) is 17.9 Å². The van der Waals surface area contributed by atoms with Gasteiger partial charge in [-0.2, -0.15) is 0 Å². The molecule has 2 rings (SSSR count). The van der Waals surface area contributed by atoms with Gasteiger partial charge in [-0.05, 0) is 30.5 Å². The Labute approximate surface area is 118 Å².